The molecule has 1 aliphatic carbocycles. The lowest BCUT2D eigenvalue weighted by Gasteiger charge is -2.20. The molecular formula is C15H20BrNO. The molecule has 2 rings (SSSR count). The predicted octanol–water partition coefficient (Wildman–Crippen LogP) is 3.69. The molecule has 0 unspecified atom stereocenters. The highest BCUT2D eigenvalue weighted by molar-refractivity contribution is 9.10. The third-order valence-electron chi connectivity index (χ3n) is 3.60. The highest BCUT2D eigenvalue weighted by atomic mass is 79.9. The molecule has 0 saturated heterocycles. The van der Waals surface area contributed by atoms with E-state index in [1.54, 1.807) is 0 Å². The zero-order valence-corrected chi connectivity index (χ0v) is 12.2. The van der Waals surface area contributed by atoms with E-state index >= 15 is 0 Å². The van der Waals surface area contributed by atoms with Crippen LogP contribution in [0.1, 0.15) is 37.7 Å². The SMILES string of the molecule is O=C(NCCc1ccc(Br)cc1)C1CCCCC1. The molecule has 1 aromatic carbocycles. The largest absolute Gasteiger partial charge is 0.356 e. The Morgan fingerprint density at radius 1 is 1.17 bits per heavy atom. The number of nitrogens with one attached hydrogen (secondary N) is 1. The van der Waals surface area contributed by atoms with Crippen LogP contribution in [0.15, 0.2) is 28.7 Å². The van der Waals surface area contributed by atoms with Crippen LogP contribution >= 0.6 is 15.9 Å². The number of hydrogen-bond donors (Lipinski definition) is 1. The van der Waals surface area contributed by atoms with Gasteiger partial charge in [0.05, 0.1) is 0 Å². The molecule has 1 fully saturated rings. The number of carbonyl (C=O) groups is 1. The molecule has 0 atom stereocenters. The lowest BCUT2D eigenvalue weighted by molar-refractivity contribution is -0.125. The second kappa shape index (κ2) is 6.93. The summed E-state index contributed by atoms with van der Waals surface area (Å²) < 4.78 is 1.09. The van der Waals surface area contributed by atoms with Crippen molar-refractivity contribution in [3.8, 4) is 0 Å². The van der Waals surface area contributed by atoms with Crippen LogP contribution in [0.5, 0.6) is 0 Å². The van der Waals surface area contributed by atoms with Crippen molar-refractivity contribution >= 4 is 21.8 Å². The standard InChI is InChI=1S/C15H20BrNO/c16-14-8-6-12(7-9-14)10-11-17-15(18)13-4-2-1-3-5-13/h6-9,13H,1-5,10-11H2,(H,17,18). The molecule has 0 aliphatic heterocycles. The topological polar surface area (TPSA) is 29.1 Å². The van der Waals surface area contributed by atoms with Crippen molar-refractivity contribution in [3.63, 3.8) is 0 Å². The Bertz CT molecular complexity index is 382. The maximum absolute atomic E-state index is 11.9. The van der Waals surface area contributed by atoms with Crippen LogP contribution in [0.3, 0.4) is 0 Å². The van der Waals surface area contributed by atoms with Gasteiger partial charge in [-0.2, -0.15) is 0 Å². The first-order chi connectivity index (χ1) is 8.75. The van der Waals surface area contributed by atoms with Crippen LogP contribution in [-0.2, 0) is 11.2 Å². The molecule has 3 heteroatoms. The highest BCUT2D eigenvalue weighted by Crippen LogP contribution is 2.23. The smallest absolute Gasteiger partial charge is 0.223 e. The van der Waals surface area contributed by atoms with Gasteiger partial charge in [-0.3, -0.25) is 4.79 Å². The molecule has 1 aliphatic rings. The predicted molar refractivity (Wildman–Crippen MR) is 77.4 cm³/mol. The minimum atomic E-state index is 0.256. The molecule has 1 aromatic rings. The van der Waals surface area contributed by atoms with Gasteiger partial charge in [-0.05, 0) is 37.0 Å². The molecular weight excluding hydrogens is 290 g/mol. The normalized spacial score (nSPS) is 16.5. The Kier molecular flexibility index (Phi) is 5.24. The number of amides is 1. The Morgan fingerprint density at radius 2 is 1.83 bits per heavy atom. The molecule has 1 saturated carbocycles. The van der Waals surface area contributed by atoms with Crippen LogP contribution in [0.4, 0.5) is 0 Å². The second-order valence-corrected chi connectivity index (χ2v) is 5.92. The molecule has 0 heterocycles. The van der Waals surface area contributed by atoms with Crippen LogP contribution in [0, 0.1) is 5.92 Å². The van der Waals surface area contributed by atoms with Crippen LogP contribution in [-0.4, -0.2) is 12.5 Å². The van der Waals surface area contributed by atoms with Crippen molar-refractivity contribution in [2.75, 3.05) is 6.54 Å². The Hall–Kier alpha value is -0.830. The summed E-state index contributed by atoms with van der Waals surface area (Å²) in [7, 11) is 0. The van der Waals surface area contributed by atoms with Gasteiger partial charge in [0.1, 0.15) is 0 Å². The van der Waals surface area contributed by atoms with Crippen molar-refractivity contribution in [2.45, 2.75) is 38.5 Å². The average molecular weight is 310 g/mol. The summed E-state index contributed by atoms with van der Waals surface area (Å²) in [6.07, 6.45) is 6.78. The van der Waals surface area contributed by atoms with Gasteiger partial charge in [-0.15, -0.1) is 0 Å². The minimum absolute atomic E-state index is 0.256. The molecule has 1 amide bonds. The van der Waals surface area contributed by atoms with E-state index in [0.717, 1.165) is 30.3 Å². The van der Waals surface area contributed by atoms with E-state index in [-0.39, 0.29) is 11.8 Å². The number of benzene rings is 1. The van der Waals surface area contributed by atoms with E-state index < -0.39 is 0 Å². The maximum Gasteiger partial charge on any atom is 0.223 e. The fraction of sp³-hybridized carbons (Fsp3) is 0.533. The van der Waals surface area contributed by atoms with Crippen molar-refractivity contribution in [2.24, 2.45) is 5.92 Å². The maximum atomic E-state index is 11.9. The van der Waals surface area contributed by atoms with Gasteiger partial charge in [-0.25, -0.2) is 0 Å². The van der Waals surface area contributed by atoms with Crippen LogP contribution < -0.4 is 5.32 Å². The van der Waals surface area contributed by atoms with Crippen LogP contribution in [0.25, 0.3) is 0 Å². The second-order valence-electron chi connectivity index (χ2n) is 5.00. The molecule has 0 spiro atoms. The summed E-state index contributed by atoms with van der Waals surface area (Å²) in [5.41, 5.74) is 1.27. The summed E-state index contributed by atoms with van der Waals surface area (Å²) in [6.45, 7) is 0.747. The highest BCUT2D eigenvalue weighted by Gasteiger charge is 2.20. The summed E-state index contributed by atoms with van der Waals surface area (Å²) in [5, 5.41) is 3.06. The van der Waals surface area contributed by atoms with Crippen molar-refractivity contribution in [3.05, 3.63) is 34.3 Å². The molecule has 98 valence electrons. The van der Waals surface area contributed by atoms with Crippen molar-refractivity contribution in [1.82, 2.24) is 5.32 Å². The van der Waals surface area contributed by atoms with E-state index in [1.807, 2.05) is 12.1 Å². The van der Waals surface area contributed by atoms with Crippen molar-refractivity contribution in [1.29, 1.82) is 0 Å². The van der Waals surface area contributed by atoms with Gasteiger partial charge in [-0.1, -0.05) is 47.3 Å². The van der Waals surface area contributed by atoms with Crippen molar-refractivity contribution < 1.29 is 4.79 Å². The molecule has 1 N–H and O–H groups in total. The third kappa shape index (κ3) is 4.13. The molecule has 18 heavy (non-hydrogen) atoms. The summed E-state index contributed by atoms with van der Waals surface area (Å²) in [4.78, 5) is 11.9. The van der Waals surface area contributed by atoms with Gasteiger partial charge in [0.2, 0.25) is 5.91 Å². The van der Waals surface area contributed by atoms with Gasteiger partial charge >= 0.3 is 0 Å². The number of halogens is 1. The Morgan fingerprint density at radius 3 is 2.50 bits per heavy atom. The number of rotatable bonds is 4. The summed E-state index contributed by atoms with van der Waals surface area (Å²) in [5.74, 6) is 0.524. The molecule has 2 nitrogen and oxygen atoms in total. The lowest BCUT2D eigenvalue weighted by atomic mass is 9.88. The van der Waals surface area contributed by atoms with E-state index in [1.165, 1.54) is 24.8 Å². The van der Waals surface area contributed by atoms with E-state index in [0.29, 0.717) is 0 Å². The quantitative estimate of drug-likeness (QED) is 0.903. The van der Waals surface area contributed by atoms with E-state index in [9.17, 15) is 4.79 Å². The van der Waals surface area contributed by atoms with Gasteiger partial charge in [0.15, 0.2) is 0 Å². The van der Waals surface area contributed by atoms with Crippen LogP contribution in [0.2, 0.25) is 0 Å². The summed E-state index contributed by atoms with van der Waals surface area (Å²) in [6, 6.07) is 8.27. The Balaban J connectivity index is 1.71. The average Bonchev–Trinajstić information content (AvgIpc) is 2.42. The lowest BCUT2D eigenvalue weighted by Crippen LogP contribution is -2.33. The van der Waals surface area contributed by atoms with Gasteiger partial charge in [0.25, 0.3) is 0 Å². The van der Waals surface area contributed by atoms with Gasteiger partial charge in [0, 0.05) is 16.9 Å². The van der Waals surface area contributed by atoms with E-state index in [4.69, 9.17) is 0 Å². The number of carbonyl (C=O) groups excluding carboxylic acids is 1. The zero-order chi connectivity index (χ0) is 12.8. The Labute approximate surface area is 117 Å². The third-order valence-corrected chi connectivity index (χ3v) is 4.13. The summed E-state index contributed by atoms with van der Waals surface area (Å²) >= 11 is 3.42. The fourth-order valence-corrected chi connectivity index (χ4v) is 2.75. The molecule has 0 radical (unpaired) electrons. The molecule has 0 aromatic heterocycles. The zero-order valence-electron chi connectivity index (χ0n) is 10.6. The first-order valence-electron chi connectivity index (χ1n) is 6.78. The first kappa shape index (κ1) is 13.6. The van der Waals surface area contributed by atoms with Gasteiger partial charge < -0.3 is 5.32 Å². The monoisotopic (exact) mass is 309 g/mol. The minimum Gasteiger partial charge on any atom is -0.356 e. The first-order valence-corrected chi connectivity index (χ1v) is 7.57. The molecule has 0 bridgehead atoms. The fourth-order valence-electron chi connectivity index (χ4n) is 2.49. The van der Waals surface area contributed by atoms with E-state index in [2.05, 4.69) is 33.4 Å². The number of hydrogen-bond acceptors (Lipinski definition) is 1.